The molecule has 2 nitrogen and oxygen atoms in total. The number of aliphatic hydroxyl groups is 1. The van der Waals surface area contributed by atoms with Crippen molar-refractivity contribution < 1.29 is 5.11 Å². The van der Waals surface area contributed by atoms with Gasteiger partial charge in [0, 0.05) is 19.3 Å². The van der Waals surface area contributed by atoms with E-state index < -0.39 is 0 Å². The van der Waals surface area contributed by atoms with Crippen LogP contribution in [0.4, 0.5) is 5.69 Å². The fourth-order valence-corrected chi connectivity index (χ4v) is 1.99. The van der Waals surface area contributed by atoms with Gasteiger partial charge in [0.25, 0.3) is 0 Å². The van der Waals surface area contributed by atoms with Crippen molar-refractivity contribution in [3.63, 3.8) is 0 Å². The summed E-state index contributed by atoms with van der Waals surface area (Å²) in [4.78, 5) is 2.21. The van der Waals surface area contributed by atoms with Crippen LogP contribution in [0.15, 0.2) is 48.5 Å². The molecule has 2 aromatic rings. The average Bonchev–Trinajstić information content (AvgIpc) is 2.41. The van der Waals surface area contributed by atoms with Gasteiger partial charge in [0.05, 0.1) is 6.61 Å². The molecule has 2 rings (SSSR count). The van der Waals surface area contributed by atoms with E-state index in [-0.39, 0.29) is 6.61 Å². The molecule has 0 atom stereocenters. The molecule has 0 aliphatic rings. The summed E-state index contributed by atoms with van der Waals surface area (Å²) in [5, 5.41) is 9.03. The Morgan fingerprint density at radius 1 is 1.00 bits per heavy atom. The third kappa shape index (κ3) is 2.90. The number of aryl methyl sites for hydroxylation is 1. The van der Waals surface area contributed by atoms with Gasteiger partial charge in [0.15, 0.2) is 0 Å². The largest absolute Gasteiger partial charge is 0.392 e. The van der Waals surface area contributed by atoms with Gasteiger partial charge in [0.1, 0.15) is 0 Å². The summed E-state index contributed by atoms with van der Waals surface area (Å²) >= 11 is 0. The molecule has 0 aliphatic carbocycles. The standard InChI is InChI=1S/C16H19NO/c1-13-5-3-4-6-15(13)11-17(2)16-9-7-14(12-18)8-10-16/h3-10,18H,11-12H2,1-2H3. The Morgan fingerprint density at radius 3 is 2.28 bits per heavy atom. The van der Waals surface area contributed by atoms with Crippen LogP contribution in [-0.2, 0) is 13.2 Å². The molecule has 0 saturated heterocycles. The van der Waals surface area contributed by atoms with Gasteiger partial charge in [-0.3, -0.25) is 0 Å². The van der Waals surface area contributed by atoms with Crippen molar-refractivity contribution >= 4 is 5.69 Å². The maximum absolute atomic E-state index is 9.03. The van der Waals surface area contributed by atoms with Crippen LogP contribution >= 0.6 is 0 Å². The summed E-state index contributed by atoms with van der Waals surface area (Å²) in [5.41, 5.74) is 4.76. The Labute approximate surface area is 109 Å². The Balaban J connectivity index is 2.11. The van der Waals surface area contributed by atoms with Crippen LogP contribution in [0, 0.1) is 6.92 Å². The highest BCUT2D eigenvalue weighted by atomic mass is 16.3. The summed E-state index contributed by atoms with van der Waals surface area (Å²) in [6.45, 7) is 3.13. The van der Waals surface area contributed by atoms with Crippen molar-refractivity contribution in [2.24, 2.45) is 0 Å². The lowest BCUT2D eigenvalue weighted by Crippen LogP contribution is -2.16. The minimum absolute atomic E-state index is 0.0990. The van der Waals surface area contributed by atoms with Crippen molar-refractivity contribution in [2.45, 2.75) is 20.1 Å². The van der Waals surface area contributed by atoms with Crippen molar-refractivity contribution in [3.05, 3.63) is 65.2 Å². The van der Waals surface area contributed by atoms with E-state index in [0.29, 0.717) is 0 Å². The van der Waals surface area contributed by atoms with Crippen LogP contribution in [0.25, 0.3) is 0 Å². The maximum atomic E-state index is 9.03. The zero-order valence-corrected chi connectivity index (χ0v) is 10.9. The van der Waals surface area contributed by atoms with E-state index in [0.717, 1.165) is 17.8 Å². The van der Waals surface area contributed by atoms with E-state index >= 15 is 0 Å². The number of aliphatic hydroxyl groups excluding tert-OH is 1. The van der Waals surface area contributed by atoms with Crippen molar-refractivity contribution in [1.82, 2.24) is 0 Å². The van der Waals surface area contributed by atoms with Gasteiger partial charge in [-0.15, -0.1) is 0 Å². The Hall–Kier alpha value is -1.80. The van der Waals surface area contributed by atoms with E-state index in [9.17, 15) is 0 Å². The van der Waals surface area contributed by atoms with E-state index in [1.54, 1.807) is 0 Å². The van der Waals surface area contributed by atoms with E-state index in [4.69, 9.17) is 5.11 Å². The van der Waals surface area contributed by atoms with Crippen molar-refractivity contribution in [3.8, 4) is 0 Å². The molecule has 0 amide bonds. The lowest BCUT2D eigenvalue weighted by atomic mass is 10.1. The summed E-state index contributed by atoms with van der Waals surface area (Å²) in [5.74, 6) is 0. The molecular weight excluding hydrogens is 222 g/mol. The van der Waals surface area contributed by atoms with Crippen LogP contribution in [0.1, 0.15) is 16.7 Å². The number of anilines is 1. The second kappa shape index (κ2) is 5.69. The van der Waals surface area contributed by atoms with Crippen molar-refractivity contribution in [1.29, 1.82) is 0 Å². The lowest BCUT2D eigenvalue weighted by Gasteiger charge is -2.20. The molecular formula is C16H19NO. The molecule has 0 bridgehead atoms. The summed E-state index contributed by atoms with van der Waals surface area (Å²) in [6, 6.07) is 16.5. The van der Waals surface area contributed by atoms with Gasteiger partial charge in [-0.05, 0) is 35.7 Å². The molecule has 0 aliphatic heterocycles. The highest BCUT2D eigenvalue weighted by molar-refractivity contribution is 5.47. The smallest absolute Gasteiger partial charge is 0.0681 e. The molecule has 94 valence electrons. The minimum Gasteiger partial charge on any atom is -0.392 e. The third-order valence-electron chi connectivity index (χ3n) is 3.23. The monoisotopic (exact) mass is 241 g/mol. The topological polar surface area (TPSA) is 23.5 Å². The van der Waals surface area contributed by atoms with Crippen LogP contribution in [0.2, 0.25) is 0 Å². The SMILES string of the molecule is Cc1ccccc1CN(C)c1ccc(CO)cc1. The van der Waals surface area contributed by atoms with Gasteiger partial charge in [-0.1, -0.05) is 36.4 Å². The average molecular weight is 241 g/mol. The molecule has 18 heavy (non-hydrogen) atoms. The van der Waals surface area contributed by atoms with Gasteiger partial charge in [0.2, 0.25) is 0 Å². The van der Waals surface area contributed by atoms with Gasteiger partial charge >= 0.3 is 0 Å². The highest BCUT2D eigenvalue weighted by Gasteiger charge is 2.04. The molecule has 0 radical (unpaired) electrons. The zero-order valence-electron chi connectivity index (χ0n) is 10.9. The van der Waals surface area contributed by atoms with Crippen molar-refractivity contribution in [2.75, 3.05) is 11.9 Å². The number of hydrogen-bond acceptors (Lipinski definition) is 2. The highest BCUT2D eigenvalue weighted by Crippen LogP contribution is 2.18. The van der Waals surface area contributed by atoms with E-state index in [2.05, 4.69) is 43.1 Å². The molecule has 2 aromatic carbocycles. The van der Waals surface area contributed by atoms with Crippen LogP contribution in [0.3, 0.4) is 0 Å². The second-order valence-electron chi connectivity index (χ2n) is 4.61. The first-order valence-electron chi connectivity index (χ1n) is 6.16. The molecule has 0 spiro atoms. The van der Waals surface area contributed by atoms with Crippen LogP contribution in [0.5, 0.6) is 0 Å². The van der Waals surface area contributed by atoms with Gasteiger partial charge in [-0.25, -0.2) is 0 Å². The van der Waals surface area contributed by atoms with E-state index in [1.165, 1.54) is 11.1 Å². The molecule has 0 heterocycles. The summed E-state index contributed by atoms with van der Waals surface area (Å²) in [7, 11) is 2.08. The molecule has 0 aromatic heterocycles. The fourth-order valence-electron chi connectivity index (χ4n) is 1.99. The first kappa shape index (κ1) is 12.7. The van der Waals surface area contributed by atoms with E-state index in [1.807, 2.05) is 24.3 Å². The maximum Gasteiger partial charge on any atom is 0.0681 e. The first-order valence-corrected chi connectivity index (χ1v) is 6.16. The third-order valence-corrected chi connectivity index (χ3v) is 3.23. The molecule has 1 N–H and O–H groups in total. The minimum atomic E-state index is 0.0990. The van der Waals surface area contributed by atoms with Crippen LogP contribution in [-0.4, -0.2) is 12.2 Å². The first-order chi connectivity index (χ1) is 8.70. The molecule has 0 unspecified atom stereocenters. The quantitative estimate of drug-likeness (QED) is 0.889. The molecule has 0 fully saturated rings. The Kier molecular flexibility index (Phi) is 4.00. The second-order valence-corrected chi connectivity index (χ2v) is 4.61. The van der Waals surface area contributed by atoms with Gasteiger partial charge in [-0.2, -0.15) is 0 Å². The normalized spacial score (nSPS) is 10.4. The summed E-state index contributed by atoms with van der Waals surface area (Å²) in [6.07, 6.45) is 0. The van der Waals surface area contributed by atoms with Gasteiger partial charge < -0.3 is 10.0 Å². The molecule has 0 saturated carbocycles. The number of rotatable bonds is 4. The zero-order chi connectivity index (χ0) is 13.0. The predicted octanol–water partition coefficient (Wildman–Crippen LogP) is 3.12. The van der Waals surface area contributed by atoms with Crippen LogP contribution < -0.4 is 4.90 Å². The number of benzene rings is 2. The fraction of sp³-hybridized carbons (Fsp3) is 0.250. The number of nitrogens with zero attached hydrogens (tertiary/aromatic N) is 1. The summed E-state index contributed by atoms with van der Waals surface area (Å²) < 4.78 is 0. The lowest BCUT2D eigenvalue weighted by molar-refractivity contribution is 0.282. The number of hydrogen-bond donors (Lipinski definition) is 1. The molecule has 2 heteroatoms. The Bertz CT molecular complexity index is 505. The predicted molar refractivity (Wildman–Crippen MR) is 75.7 cm³/mol. The Morgan fingerprint density at radius 2 is 1.67 bits per heavy atom.